The number of hydrogen-bond donors (Lipinski definition) is 3. The summed E-state index contributed by atoms with van der Waals surface area (Å²) in [5, 5.41) is 8.80. The highest BCUT2D eigenvalue weighted by Crippen LogP contribution is 2.36. The first-order valence-corrected chi connectivity index (χ1v) is 21.3. The highest BCUT2D eigenvalue weighted by atomic mass is 35.5. The summed E-state index contributed by atoms with van der Waals surface area (Å²) in [5.41, 5.74) is 2.92. The average molecular weight is 846 g/mol. The molecule has 17 nitrogen and oxygen atoms in total. The number of nitrogens with one attached hydrogen (secondary N) is 3. The summed E-state index contributed by atoms with van der Waals surface area (Å²) in [7, 11) is -0.451. The molecule has 1 unspecified atom stereocenters. The van der Waals surface area contributed by atoms with Gasteiger partial charge in [-0.05, 0) is 62.2 Å². The zero-order chi connectivity index (χ0) is 41.8. The van der Waals surface area contributed by atoms with Crippen LogP contribution in [0.4, 0.5) is 34.5 Å². The number of benzene rings is 3. The lowest BCUT2D eigenvalue weighted by Gasteiger charge is -2.36. The third-order valence-electron chi connectivity index (χ3n) is 10.5. The molecule has 0 aliphatic carbocycles. The predicted molar refractivity (Wildman–Crippen MR) is 223 cm³/mol. The Morgan fingerprint density at radius 2 is 1.71 bits per heavy atom. The van der Waals surface area contributed by atoms with E-state index in [1.165, 1.54) is 17.5 Å². The molecule has 0 radical (unpaired) electrons. The Balaban J connectivity index is 0.892. The number of imide groups is 2. The third-order valence-corrected chi connectivity index (χ3v) is 11.9. The van der Waals surface area contributed by atoms with E-state index in [0.717, 1.165) is 62.4 Å². The zero-order valence-electron chi connectivity index (χ0n) is 32.7. The molecule has 3 N–H and O–H groups in total. The summed E-state index contributed by atoms with van der Waals surface area (Å²) in [6.45, 7) is 4.57. The molecule has 3 aliphatic heterocycles. The largest absolute Gasteiger partial charge is 0.494 e. The first-order chi connectivity index (χ1) is 28.3. The molecular formula is C40H44ClN9O8S. The number of para-hydroxylation sites is 2. The molecule has 19 heteroatoms. The van der Waals surface area contributed by atoms with Crippen LogP contribution in [0.3, 0.4) is 0 Å². The summed E-state index contributed by atoms with van der Waals surface area (Å²) < 4.78 is 37.4. The van der Waals surface area contributed by atoms with Crippen molar-refractivity contribution in [3.8, 4) is 11.5 Å². The van der Waals surface area contributed by atoms with Crippen molar-refractivity contribution in [1.82, 2.24) is 25.1 Å². The van der Waals surface area contributed by atoms with E-state index in [9.17, 15) is 27.6 Å². The summed E-state index contributed by atoms with van der Waals surface area (Å²) in [6.07, 6.45) is 4.33. The van der Waals surface area contributed by atoms with E-state index in [0.29, 0.717) is 35.2 Å². The molecule has 0 spiro atoms. The van der Waals surface area contributed by atoms with Crippen LogP contribution in [0.2, 0.25) is 5.02 Å². The molecule has 4 aromatic rings. The van der Waals surface area contributed by atoms with Crippen LogP contribution in [0.5, 0.6) is 11.5 Å². The molecule has 1 atom stereocenters. The van der Waals surface area contributed by atoms with E-state index in [4.69, 9.17) is 21.1 Å². The normalized spacial score (nSPS) is 17.1. The van der Waals surface area contributed by atoms with Gasteiger partial charge in [0.05, 0.1) is 54.4 Å². The van der Waals surface area contributed by atoms with Crippen molar-refractivity contribution >= 4 is 79.8 Å². The topological polar surface area (TPSA) is 196 Å². The molecule has 1 aromatic heterocycles. The van der Waals surface area contributed by atoms with Gasteiger partial charge in [0.25, 0.3) is 11.8 Å². The fourth-order valence-electron chi connectivity index (χ4n) is 7.23. The smallest absolute Gasteiger partial charge is 0.266 e. The number of methoxy groups -OCH3 is 1. The van der Waals surface area contributed by atoms with Crippen molar-refractivity contribution in [1.29, 1.82) is 0 Å². The van der Waals surface area contributed by atoms with Crippen molar-refractivity contribution in [2.75, 3.05) is 79.6 Å². The van der Waals surface area contributed by atoms with E-state index in [1.807, 2.05) is 18.2 Å². The van der Waals surface area contributed by atoms with Crippen LogP contribution in [0, 0.1) is 0 Å². The van der Waals surface area contributed by atoms with Crippen molar-refractivity contribution in [2.24, 2.45) is 0 Å². The number of anilines is 6. The highest BCUT2D eigenvalue weighted by Gasteiger charge is 2.46. The fraction of sp³-hybridized carbons (Fsp3) is 0.350. The van der Waals surface area contributed by atoms with Gasteiger partial charge in [0.2, 0.25) is 27.8 Å². The van der Waals surface area contributed by atoms with Crippen molar-refractivity contribution in [3.63, 3.8) is 0 Å². The lowest BCUT2D eigenvalue weighted by atomic mass is 10.0. The Morgan fingerprint density at radius 1 is 0.932 bits per heavy atom. The Bertz CT molecular complexity index is 2390. The number of sulfonamides is 1. The number of unbranched alkanes of at least 4 members (excludes halogenated alkanes) is 1. The van der Waals surface area contributed by atoms with E-state index >= 15 is 0 Å². The summed E-state index contributed by atoms with van der Waals surface area (Å²) in [4.78, 5) is 65.0. The van der Waals surface area contributed by atoms with Crippen LogP contribution in [-0.4, -0.2) is 118 Å². The van der Waals surface area contributed by atoms with Gasteiger partial charge >= 0.3 is 0 Å². The molecule has 2 fully saturated rings. The lowest BCUT2D eigenvalue weighted by Crippen LogP contribution is -2.54. The maximum absolute atomic E-state index is 13.3. The van der Waals surface area contributed by atoms with Gasteiger partial charge in [-0.25, -0.2) is 13.4 Å². The number of aromatic nitrogens is 2. The zero-order valence-corrected chi connectivity index (χ0v) is 34.3. The van der Waals surface area contributed by atoms with E-state index in [1.54, 1.807) is 49.6 Å². The number of nitrogens with zero attached hydrogens (tertiary/aromatic N) is 6. The molecule has 7 rings (SSSR count). The number of fused-ring (bicyclic) bond motifs is 1. The number of hydrogen-bond acceptors (Lipinski definition) is 14. The van der Waals surface area contributed by atoms with Gasteiger partial charge in [-0.1, -0.05) is 29.8 Å². The SMILES string of the molecule is COc1cc(N2CCN(CCCCOc3cccc4c3C(=O)N(C3CCC(=O)NC3=O)C4=O)CC2)ccc1Nc1ncc(Cl)c(Nc2ccccc2N(C)S(C)(=O)=O)n1. The number of carbonyl (C=O) groups is 4. The minimum absolute atomic E-state index is 0.0558. The molecule has 3 aliphatic rings. The molecule has 59 heavy (non-hydrogen) atoms. The summed E-state index contributed by atoms with van der Waals surface area (Å²) >= 11 is 6.44. The molecule has 310 valence electrons. The molecule has 0 bridgehead atoms. The third kappa shape index (κ3) is 9.04. The van der Waals surface area contributed by atoms with Crippen LogP contribution in [0.25, 0.3) is 0 Å². The monoisotopic (exact) mass is 845 g/mol. The Hall–Kier alpha value is -5.98. The lowest BCUT2D eigenvalue weighted by molar-refractivity contribution is -0.136. The Morgan fingerprint density at radius 3 is 2.46 bits per heavy atom. The predicted octanol–water partition coefficient (Wildman–Crippen LogP) is 4.40. The van der Waals surface area contributed by atoms with Gasteiger partial charge in [0, 0.05) is 51.4 Å². The molecule has 2 saturated heterocycles. The van der Waals surface area contributed by atoms with Gasteiger partial charge in [-0.15, -0.1) is 0 Å². The quantitative estimate of drug-likeness (QED) is 0.113. The number of halogens is 1. The maximum atomic E-state index is 13.3. The van der Waals surface area contributed by atoms with E-state index in [-0.39, 0.29) is 40.8 Å². The number of piperidine rings is 1. The summed E-state index contributed by atoms with van der Waals surface area (Å²) in [5.74, 6) is -0.780. The average Bonchev–Trinajstić information content (AvgIpc) is 3.48. The minimum Gasteiger partial charge on any atom is -0.494 e. The Kier molecular flexibility index (Phi) is 12.2. The van der Waals surface area contributed by atoms with Gasteiger partial charge in [-0.3, -0.25) is 38.6 Å². The van der Waals surface area contributed by atoms with Gasteiger partial charge in [0.1, 0.15) is 22.6 Å². The fourth-order valence-corrected chi connectivity index (χ4v) is 7.88. The van der Waals surface area contributed by atoms with Crippen molar-refractivity contribution < 1.29 is 37.1 Å². The second-order valence-electron chi connectivity index (χ2n) is 14.3. The molecule has 0 saturated carbocycles. The second kappa shape index (κ2) is 17.5. The molecular weight excluding hydrogens is 802 g/mol. The standard InChI is InChI=1S/C40H44ClN9O8S/c1-47(59(3,55)56)30-11-5-4-10-28(30)43-36-27(41)24-42-40(46-36)44-29-14-13-25(23-33(29)57-2)49-20-18-48(19-21-49)17-6-7-22-58-32-12-8-9-26-35(32)39(54)50(38(26)53)31-15-16-34(51)45-37(31)52/h4-5,8-14,23-24,31H,6-7,15-22H2,1-3H3,(H,45,51,52)(H2,42,43,44,46). The van der Waals surface area contributed by atoms with Gasteiger partial charge in [0.15, 0.2) is 5.82 Å². The van der Waals surface area contributed by atoms with E-state index in [2.05, 4.69) is 35.7 Å². The van der Waals surface area contributed by atoms with Crippen LogP contribution in [-0.2, 0) is 19.6 Å². The van der Waals surface area contributed by atoms with Crippen LogP contribution in [0.15, 0.2) is 66.9 Å². The number of ether oxygens (including phenoxy) is 2. The first-order valence-electron chi connectivity index (χ1n) is 19.0. The van der Waals surface area contributed by atoms with Crippen LogP contribution < -0.4 is 34.6 Å². The van der Waals surface area contributed by atoms with E-state index < -0.39 is 39.7 Å². The van der Waals surface area contributed by atoms with Gasteiger partial charge in [-0.2, -0.15) is 4.98 Å². The first kappa shape index (κ1) is 41.2. The number of rotatable bonds is 15. The molecule has 4 heterocycles. The minimum atomic E-state index is -3.51. The Labute approximate surface area is 346 Å². The maximum Gasteiger partial charge on any atom is 0.266 e. The molecule has 3 aromatic carbocycles. The van der Waals surface area contributed by atoms with Crippen LogP contribution >= 0.6 is 11.6 Å². The highest BCUT2D eigenvalue weighted by molar-refractivity contribution is 7.92. The van der Waals surface area contributed by atoms with Crippen molar-refractivity contribution in [3.05, 3.63) is 83.0 Å². The number of carbonyl (C=O) groups excluding carboxylic acids is 4. The summed E-state index contributed by atoms with van der Waals surface area (Å²) in [6, 6.07) is 16.6. The second-order valence-corrected chi connectivity index (χ2v) is 16.7. The molecule has 4 amide bonds. The number of piperazine rings is 1. The van der Waals surface area contributed by atoms with Crippen LogP contribution in [0.1, 0.15) is 46.4 Å². The number of amides is 4. The van der Waals surface area contributed by atoms with Crippen molar-refractivity contribution in [2.45, 2.75) is 31.7 Å². The van der Waals surface area contributed by atoms with Gasteiger partial charge < -0.3 is 25.0 Å².